The number of hydrogen-bond donors (Lipinski definition) is 2. The van der Waals surface area contributed by atoms with Crippen molar-refractivity contribution in [3.63, 3.8) is 0 Å². The number of nitrogens with one attached hydrogen (secondary N) is 1. The first-order valence-corrected chi connectivity index (χ1v) is 7.52. The van der Waals surface area contributed by atoms with E-state index in [9.17, 15) is 9.59 Å². The van der Waals surface area contributed by atoms with Gasteiger partial charge in [-0.2, -0.15) is 0 Å². The Morgan fingerprint density at radius 1 is 1.55 bits per heavy atom. The molecule has 1 aliphatic rings. The maximum absolute atomic E-state index is 12.2. The number of nitrogens with zero attached hydrogens (tertiary/aromatic N) is 2. The normalized spacial score (nSPS) is 23.6. The molecule has 6 nitrogen and oxygen atoms in total. The van der Waals surface area contributed by atoms with E-state index in [-0.39, 0.29) is 23.8 Å². The SMILES string of the molecule is CC1CC(C)N(C(=O)NC(C)c2nc(C(=O)O)cs2)C1. The lowest BCUT2D eigenvalue weighted by Gasteiger charge is -2.23. The molecule has 2 amide bonds. The maximum atomic E-state index is 12.2. The Morgan fingerprint density at radius 3 is 2.75 bits per heavy atom. The fourth-order valence-electron chi connectivity index (χ4n) is 2.50. The average Bonchev–Trinajstić information content (AvgIpc) is 2.95. The molecule has 1 saturated heterocycles. The van der Waals surface area contributed by atoms with Crippen LogP contribution in [0.2, 0.25) is 0 Å². The van der Waals surface area contributed by atoms with E-state index in [2.05, 4.69) is 17.2 Å². The van der Waals surface area contributed by atoms with E-state index in [1.165, 1.54) is 16.7 Å². The number of carbonyl (C=O) groups excluding carboxylic acids is 1. The van der Waals surface area contributed by atoms with Gasteiger partial charge in [0.1, 0.15) is 5.01 Å². The third kappa shape index (κ3) is 3.09. The first-order chi connectivity index (χ1) is 9.38. The summed E-state index contributed by atoms with van der Waals surface area (Å²) in [6.45, 7) is 6.75. The number of amides is 2. The number of hydrogen-bond acceptors (Lipinski definition) is 4. The molecule has 0 saturated carbocycles. The molecule has 3 atom stereocenters. The minimum atomic E-state index is -1.05. The lowest BCUT2D eigenvalue weighted by Crippen LogP contribution is -2.42. The quantitative estimate of drug-likeness (QED) is 0.897. The Morgan fingerprint density at radius 2 is 2.25 bits per heavy atom. The molecular weight excluding hydrogens is 278 g/mol. The lowest BCUT2D eigenvalue weighted by molar-refractivity contribution is 0.0691. The molecule has 0 radical (unpaired) electrons. The number of likely N-dealkylation sites (tertiary alicyclic amines) is 1. The number of aromatic carboxylic acids is 1. The van der Waals surface area contributed by atoms with Crippen LogP contribution in [0.25, 0.3) is 0 Å². The third-order valence-corrected chi connectivity index (χ3v) is 4.52. The Kier molecular flexibility index (Phi) is 4.27. The molecule has 0 spiro atoms. The van der Waals surface area contributed by atoms with Gasteiger partial charge in [-0.1, -0.05) is 6.92 Å². The van der Waals surface area contributed by atoms with Crippen LogP contribution in [-0.4, -0.2) is 39.6 Å². The predicted octanol–water partition coefficient (Wildman–Crippen LogP) is 2.34. The van der Waals surface area contributed by atoms with Gasteiger partial charge in [0.05, 0.1) is 6.04 Å². The molecule has 1 aliphatic heterocycles. The van der Waals surface area contributed by atoms with E-state index in [1.807, 2.05) is 18.7 Å². The minimum absolute atomic E-state index is 0.0225. The fraction of sp³-hybridized carbons (Fsp3) is 0.615. The number of carbonyl (C=O) groups is 2. The molecule has 7 heteroatoms. The average molecular weight is 297 g/mol. The van der Waals surface area contributed by atoms with Crippen LogP contribution in [0.5, 0.6) is 0 Å². The van der Waals surface area contributed by atoms with Crippen LogP contribution in [-0.2, 0) is 0 Å². The van der Waals surface area contributed by atoms with Gasteiger partial charge in [-0.25, -0.2) is 14.6 Å². The molecule has 1 aromatic rings. The number of urea groups is 1. The summed E-state index contributed by atoms with van der Waals surface area (Å²) in [6, 6.07) is -0.159. The first-order valence-electron chi connectivity index (χ1n) is 6.64. The summed E-state index contributed by atoms with van der Waals surface area (Å²) >= 11 is 1.25. The Hall–Kier alpha value is -1.63. The van der Waals surface area contributed by atoms with Crippen molar-refractivity contribution in [2.75, 3.05) is 6.54 Å². The van der Waals surface area contributed by atoms with Crippen molar-refractivity contribution in [1.29, 1.82) is 0 Å². The van der Waals surface area contributed by atoms with Crippen LogP contribution in [0.1, 0.15) is 48.7 Å². The predicted molar refractivity (Wildman–Crippen MR) is 76.0 cm³/mol. The summed E-state index contributed by atoms with van der Waals surface area (Å²) in [6.07, 6.45) is 1.02. The highest BCUT2D eigenvalue weighted by Crippen LogP contribution is 2.24. The van der Waals surface area contributed by atoms with Gasteiger partial charge in [-0.05, 0) is 26.2 Å². The van der Waals surface area contributed by atoms with E-state index in [0.29, 0.717) is 10.9 Å². The van der Waals surface area contributed by atoms with Crippen LogP contribution in [0.15, 0.2) is 5.38 Å². The van der Waals surface area contributed by atoms with Crippen molar-refractivity contribution in [3.8, 4) is 0 Å². The van der Waals surface area contributed by atoms with Crippen molar-refractivity contribution in [3.05, 3.63) is 16.1 Å². The van der Waals surface area contributed by atoms with Crippen molar-refractivity contribution < 1.29 is 14.7 Å². The summed E-state index contributed by atoms with van der Waals surface area (Å²) < 4.78 is 0. The van der Waals surface area contributed by atoms with Crippen LogP contribution in [0.3, 0.4) is 0 Å². The van der Waals surface area contributed by atoms with Crippen LogP contribution < -0.4 is 5.32 Å². The van der Waals surface area contributed by atoms with Crippen molar-refractivity contribution in [2.24, 2.45) is 5.92 Å². The summed E-state index contributed by atoms with van der Waals surface area (Å²) in [5, 5.41) is 13.8. The molecule has 2 N–H and O–H groups in total. The van der Waals surface area contributed by atoms with Crippen molar-refractivity contribution >= 4 is 23.3 Å². The molecule has 0 aromatic carbocycles. The molecule has 3 unspecified atom stereocenters. The van der Waals surface area contributed by atoms with Gasteiger partial charge in [0.25, 0.3) is 0 Å². The highest BCUT2D eigenvalue weighted by Gasteiger charge is 2.30. The molecule has 2 rings (SSSR count). The zero-order chi connectivity index (χ0) is 14.9. The van der Waals surface area contributed by atoms with Gasteiger partial charge >= 0.3 is 12.0 Å². The van der Waals surface area contributed by atoms with Gasteiger partial charge in [0, 0.05) is 18.0 Å². The van der Waals surface area contributed by atoms with Gasteiger partial charge in [-0.15, -0.1) is 11.3 Å². The molecule has 1 fully saturated rings. The smallest absolute Gasteiger partial charge is 0.355 e. The summed E-state index contributed by atoms with van der Waals surface area (Å²) in [5.74, 6) is -0.530. The summed E-state index contributed by atoms with van der Waals surface area (Å²) in [5.41, 5.74) is 0.0225. The van der Waals surface area contributed by atoms with Gasteiger partial charge < -0.3 is 15.3 Å². The Balaban J connectivity index is 1.98. The monoisotopic (exact) mass is 297 g/mol. The van der Waals surface area contributed by atoms with E-state index in [4.69, 9.17) is 5.11 Å². The van der Waals surface area contributed by atoms with Crippen molar-refractivity contribution in [1.82, 2.24) is 15.2 Å². The van der Waals surface area contributed by atoms with Crippen molar-refractivity contribution in [2.45, 2.75) is 39.3 Å². The summed E-state index contributed by atoms with van der Waals surface area (Å²) in [4.78, 5) is 28.8. The number of carboxylic acid groups (broad SMARTS) is 1. The highest BCUT2D eigenvalue weighted by atomic mass is 32.1. The maximum Gasteiger partial charge on any atom is 0.355 e. The Labute approximate surface area is 121 Å². The molecule has 1 aromatic heterocycles. The number of thiazole rings is 1. The number of carboxylic acids is 1. The van der Waals surface area contributed by atoms with E-state index < -0.39 is 5.97 Å². The van der Waals surface area contributed by atoms with Gasteiger partial charge in [-0.3, -0.25) is 0 Å². The standard InChI is InChI=1S/C13H19N3O3S/c1-7-4-8(2)16(5-7)13(19)14-9(3)11-15-10(6-20-11)12(17)18/h6-9H,4-5H2,1-3H3,(H,14,19)(H,17,18). The second-order valence-corrected chi connectivity index (χ2v) is 6.28. The van der Waals surface area contributed by atoms with Gasteiger partial charge in [0.2, 0.25) is 0 Å². The number of rotatable bonds is 3. The zero-order valence-electron chi connectivity index (χ0n) is 11.8. The lowest BCUT2D eigenvalue weighted by atomic mass is 10.1. The molecular formula is C13H19N3O3S. The highest BCUT2D eigenvalue weighted by molar-refractivity contribution is 7.09. The second kappa shape index (κ2) is 5.78. The van der Waals surface area contributed by atoms with Crippen LogP contribution in [0, 0.1) is 5.92 Å². The molecule has 110 valence electrons. The fourth-order valence-corrected chi connectivity index (χ4v) is 3.30. The molecule has 2 heterocycles. The molecule has 20 heavy (non-hydrogen) atoms. The Bertz CT molecular complexity index is 517. The minimum Gasteiger partial charge on any atom is -0.476 e. The van der Waals surface area contributed by atoms with E-state index >= 15 is 0 Å². The molecule has 0 bridgehead atoms. The summed E-state index contributed by atoms with van der Waals surface area (Å²) in [7, 11) is 0. The van der Waals surface area contributed by atoms with E-state index in [0.717, 1.165) is 13.0 Å². The van der Waals surface area contributed by atoms with Gasteiger partial charge in [0.15, 0.2) is 5.69 Å². The number of aromatic nitrogens is 1. The topological polar surface area (TPSA) is 82.5 Å². The van der Waals surface area contributed by atoms with Crippen LogP contribution >= 0.6 is 11.3 Å². The van der Waals surface area contributed by atoms with Crippen LogP contribution in [0.4, 0.5) is 4.79 Å². The first kappa shape index (κ1) is 14.8. The molecule has 0 aliphatic carbocycles. The largest absolute Gasteiger partial charge is 0.476 e. The zero-order valence-corrected chi connectivity index (χ0v) is 12.6. The third-order valence-electron chi connectivity index (χ3n) is 3.50. The second-order valence-electron chi connectivity index (χ2n) is 5.39. The van der Waals surface area contributed by atoms with E-state index in [1.54, 1.807) is 0 Å².